The molecule has 0 aromatic carbocycles. The number of rotatable bonds is 4. The molecule has 2 aromatic rings. The molecule has 0 aliphatic carbocycles. The summed E-state index contributed by atoms with van der Waals surface area (Å²) in [4.78, 5) is 16.3. The molecule has 2 aromatic heterocycles. The topological polar surface area (TPSA) is 65.2 Å². The molecule has 0 amide bonds. The van der Waals surface area contributed by atoms with Gasteiger partial charge in [0.05, 0.1) is 6.61 Å². The van der Waals surface area contributed by atoms with Crippen LogP contribution in [-0.4, -0.2) is 22.7 Å². The van der Waals surface area contributed by atoms with Gasteiger partial charge in [0.25, 0.3) is 0 Å². The highest BCUT2D eigenvalue weighted by atomic mass is 32.1. The van der Waals surface area contributed by atoms with Crippen molar-refractivity contribution in [2.75, 3.05) is 6.61 Å². The summed E-state index contributed by atoms with van der Waals surface area (Å²) >= 11 is 1.61. The van der Waals surface area contributed by atoms with Crippen LogP contribution in [-0.2, 0) is 11.2 Å². The summed E-state index contributed by atoms with van der Waals surface area (Å²) in [5.74, 6) is -0.175. The van der Waals surface area contributed by atoms with Crippen molar-refractivity contribution in [3.8, 4) is 0 Å². The van der Waals surface area contributed by atoms with E-state index in [0.717, 1.165) is 4.88 Å². The van der Waals surface area contributed by atoms with Crippen molar-refractivity contribution in [2.45, 2.75) is 13.3 Å². The number of esters is 1. The van der Waals surface area contributed by atoms with Crippen LogP contribution in [0.1, 0.15) is 28.3 Å². The van der Waals surface area contributed by atoms with Gasteiger partial charge in [-0.05, 0) is 18.4 Å². The molecule has 6 heteroatoms. The van der Waals surface area contributed by atoms with Crippen LogP contribution in [0.4, 0.5) is 0 Å². The van der Waals surface area contributed by atoms with Crippen molar-refractivity contribution in [1.29, 1.82) is 0 Å². The number of carbonyl (C=O) groups excluding carboxylic acids is 1. The Balaban J connectivity index is 2.05. The Bertz CT molecular complexity index is 464. The summed E-state index contributed by atoms with van der Waals surface area (Å²) in [7, 11) is 0. The van der Waals surface area contributed by atoms with Gasteiger partial charge in [-0.1, -0.05) is 11.2 Å². The molecule has 0 saturated heterocycles. The second-order valence-corrected chi connectivity index (χ2v) is 4.02. The van der Waals surface area contributed by atoms with Crippen LogP contribution in [0.5, 0.6) is 0 Å². The monoisotopic (exact) mass is 238 g/mol. The minimum absolute atomic E-state index is 0.0894. The highest BCUT2D eigenvalue weighted by Gasteiger charge is 2.16. The van der Waals surface area contributed by atoms with Gasteiger partial charge in [-0.15, -0.1) is 11.3 Å². The molecule has 0 radical (unpaired) electrons. The van der Waals surface area contributed by atoms with Crippen LogP contribution >= 0.6 is 11.3 Å². The van der Waals surface area contributed by atoms with Crippen LogP contribution in [0.3, 0.4) is 0 Å². The number of hydrogen-bond acceptors (Lipinski definition) is 6. The smallest absolute Gasteiger partial charge is 0.397 e. The van der Waals surface area contributed by atoms with Crippen LogP contribution in [0, 0.1) is 0 Å². The van der Waals surface area contributed by atoms with Gasteiger partial charge in [0.1, 0.15) is 0 Å². The Labute approximate surface area is 96.0 Å². The van der Waals surface area contributed by atoms with Crippen molar-refractivity contribution in [3.05, 3.63) is 34.1 Å². The molecule has 2 rings (SSSR count). The third kappa shape index (κ3) is 2.46. The zero-order valence-corrected chi connectivity index (χ0v) is 9.49. The van der Waals surface area contributed by atoms with E-state index >= 15 is 0 Å². The number of aromatic nitrogens is 2. The lowest BCUT2D eigenvalue weighted by atomic mass is 10.3. The molecule has 5 nitrogen and oxygen atoms in total. The first-order valence-corrected chi connectivity index (χ1v) is 5.69. The van der Waals surface area contributed by atoms with E-state index in [2.05, 4.69) is 10.1 Å². The summed E-state index contributed by atoms with van der Waals surface area (Å²) in [5, 5.41) is 5.69. The van der Waals surface area contributed by atoms with Gasteiger partial charge in [-0.2, -0.15) is 4.98 Å². The lowest BCUT2D eigenvalue weighted by molar-refractivity contribution is 0.0470. The fourth-order valence-corrected chi connectivity index (χ4v) is 1.87. The number of hydrogen-bond donors (Lipinski definition) is 0. The van der Waals surface area contributed by atoms with Crippen LogP contribution in [0.25, 0.3) is 0 Å². The van der Waals surface area contributed by atoms with E-state index in [0.29, 0.717) is 18.9 Å². The highest BCUT2D eigenvalue weighted by molar-refractivity contribution is 7.09. The van der Waals surface area contributed by atoms with E-state index in [1.165, 1.54) is 0 Å². The molecule has 84 valence electrons. The third-order valence-corrected chi connectivity index (χ3v) is 2.71. The van der Waals surface area contributed by atoms with Crippen molar-refractivity contribution >= 4 is 17.3 Å². The molecule has 0 atom stereocenters. The second kappa shape index (κ2) is 4.89. The highest BCUT2D eigenvalue weighted by Crippen LogP contribution is 2.12. The van der Waals surface area contributed by atoms with Crippen LogP contribution in [0.2, 0.25) is 0 Å². The Hall–Kier alpha value is -1.69. The summed E-state index contributed by atoms with van der Waals surface area (Å²) in [6.45, 7) is 2.02. The van der Waals surface area contributed by atoms with Gasteiger partial charge < -0.3 is 9.26 Å². The molecule has 0 spiro atoms. The van der Waals surface area contributed by atoms with Crippen molar-refractivity contribution in [2.24, 2.45) is 0 Å². The molecule has 0 aliphatic rings. The minimum Gasteiger partial charge on any atom is -0.459 e. The van der Waals surface area contributed by atoms with Crippen molar-refractivity contribution in [3.63, 3.8) is 0 Å². The second-order valence-electron chi connectivity index (χ2n) is 2.99. The predicted octanol–water partition coefficient (Wildman–Crippen LogP) is 1.90. The number of nitrogens with zero attached hydrogens (tertiary/aromatic N) is 2. The molecule has 0 unspecified atom stereocenters. The van der Waals surface area contributed by atoms with Crippen LogP contribution in [0.15, 0.2) is 22.0 Å². The Kier molecular flexibility index (Phi) is 3.31. The third-order valence-electron chi connectivity index (χ3n) is 1.83. The molecule has 0 saturated carbocycles. The van der Waals surface area contributed by atoms with E-state index in [-0.39, 0.29) is 5.89 Å². The van der Waals surface area contributed by atoms with Crippen molar-refractivity contribution < 1.29 is 14.1 Å². The van der Waals surface area contributed by atoms with Gasteiger partial charge >= 0.3 is 11.9 Å². The quantitative estimate of drug-likeness (QED) is 0.761. The van der Waals surface area contributed by atoms with E-state index < -0.39 is 5.97 Å². The van der Waals surface area contributed by atoms with Gasteiger partial charge in [-0.25, -0.2) is 4.79 Å². The fourth-order valence-electron chi connectivity index (χ4n) is 1.17. The number of thiophene rings is 1. The fraction of sp³-hybridized carbons (Fsp3) is 0.300. The Morgan fingerprint density at radius 3 is 3.19 bits per heavy atom. The molecular weight excluding hydrogens is 228 g/mol. The molecule has 16 heavy (non-hydrogen) atoms. The number of carbonyl (C=O) groups is 1. The lowest BCUT2D eigenvalue weighted by Crippen LogP contribution is -2.05. The predicted molar refractivity (Wildman–Crippen MR) is 57.4 cm³/mol. The largest absolute Gasteiger partial charge is 0.459 e. The summed E-state index contributed by atoms with van der Waals surface area (Å²) < 4.78 is 9.54. The number of ether oxygens (including phenoxy) is 1. The van der Waals surface area contributed by atoms with Gasteiger partial charge in [0.15, 0.2) is 5.82 Å². The van der Waals surface area contributed by atoms with Crippen LogP contribution < -0.4 is 0 Å². The SMILES string of the molecule is CCOC(=O)c1nc(Cc2cccs2)no1. The maximum absolute atomic E-state index is 11.2. The summed E-state index contributed by atoms with van der Waals surface area (Å²) in [5.41, 5.74) is 0. The summed E-state index contributed by atoms with van der Waals surface area (Å²) in [6, 6.07) is 3.93. The molecule has 2 heterocycles. The molecule has 0 aliphatic heterocycles. The van der Waals surface area contributed by atoms with E-state index in [1.807, 2.05) is 17.5 Å². The normalized spacial score (nSPS) is 10.3. The van der Waals surface area contributed by atoms with Gasteiger partial charge in [0, 0.05) is 11.3 Å². The van der Waals surface area contributed by atoms with E-state index in [1.54, 1.807) is 18.3 Å². The minimum atomic E-state index is -0.576. The van der Waals surface area contributed by atoms with E-state index in [9.17, 15) is 4.79 Å². The van der Waals surface area contributed by atoms with Gasteiger partial charge in [0.2, 0.25) is 0 Å². The maximum atomic E-state index is 11.2. The first-order chi connectivity index (χ1) is 7.79. The average Bonchev–Trinajstić information content (AvgIpc) is 2.90. The Morgan fingerprint density at radius 1 is 1.62 bits per heavy atom. The average molecular weight is 238 g/mol. The lowest BCUT2D eigenvalue weighted by Gasteiger charge is -1.93. The zero-order chi connectivity index (χ0) is 11.4. The zero-order valence-electron chi connectivity index (χ0n) is 8.67. The molecular formula is C10H10N2O3S. The first-order valence-electron chi connectivity index (χ1n) is 4.81. The van der Waals surface area contributed by atoms with Crippen molar-refractivity contribution in [1.82, 2.24) is 10.1 Å². The van der Waals surface area contributed by atoms with E-state index in [4.69, 9.17) is 9.26 Å². The Morgan fingerprint density at radius 2 is 2.50 bits per heavy atom. The summed E-state index contributed by atoms with van der Waals surface area (Å²) in [6.07, 6.45) is 0.570. The molecule has 0 N–H and O–H groups in total. The molecule has 0 bridgehead atoms. The standard InChI is InChI=1S/C10H10N2O3S/c1-2-14-10(13)9-11-8(12-15-9)6-7-4-3-5-16-7/h3-5H,2,6H2,1H3. The first kappa shape index (κ1) is 10.8. The maximum Gasteiger partial charge on any atom is 0.397 e. The van der Waals surface area contributed by atoms with Gasteiger partial charge in [-0.3, -0.25) is 0 Å². The molecule has 0 fully saturated rings.